The highest BCUT2D eigenvalue weighted by molar-refractivity contribution is 8.19. The number of rotatable bonds is 4. The zero-order valence-electron chi connectivity index (χ0n) is 14.1. The van der Waals surface area contributed by atoms with Crippen molar-refractivity contribution in [3.8, 4) is 0 Å². The predicted molar refractivity (Wildman–Crippen MR) is 106 cm³/mol. The third-order valence-corrected chi connectivity index (χ3v) is 5.69. The molecule has 0 saturated heterocycles. The van der Waals surface area contributed by atoms with Crippen LogP contribution in [0.1, 0.15) is 29.8 Å². The molecule has 2 heterocycles. The van der Waals surface area contributed by atoms with Gasteiger partial charge in [-0.1, -0.05) is 37.7 Å². The molecule has 26 heavy (non-hydrogen) atoms. The lowest BCUT2D eigenvalue weighted by molar-refractivity contribution is -0.114. The van der Waals surface area contributed by atoms with Crippen LogP contribution >= 0.6 is 23.7 Å². The summed E-state index contributed by atoms with van der Waals surface area (Å²) in [5, 5.41) is 18.4. The van der Waals surface area contributed by atoms with Gasteiger partial charge in [-0.25, -0.2) is 9.69 Å². The van der Waals surface area contributed by atoms with Crippen LogP contribution in [0.3, 0.4) is 0 Å². The van der Waals surface area contributed by atoms with Gasteiger partial charge in [-0.15, -0.1) is 0 Å². The summed E-state index contributed by atoms with van der Waals surface area (Å²) < 4.78 is 4.32. The van der Waals surface area contributed by atoms with Crippen LogP contribution in [-0.4, -0.2) is 43.8 Å². The van der Waals surface area contributed by atoms with Crippen LogP contribution in [0.25, 0.3) is 6.08 Å². The van der Waals surface area contributed by atoms with Crippen LogP contribution in [-0.2, 0) is 4.79 Å². The standard InChI is InChI=1S/C17H16N4O3S2/c1-9(2)8-25-17-20-26-16-19-14(22)12(13(18)21(16)17)7-10-3-5-11(6-4-10)15(23)24/h3-7,9,18H,8H2,1-2H3,(H,23,24). The Hall–Kier alpha value is -2.39. The molecule has 0 aliphatic carbocycles. The lowest BCUT2D eigenvalue weighted by Crippen LogP contribution is -2.41. The summed E-state index contributed by atoms with van der Waals surface area (Å²) in [5.74, 6) is -0.169. The van der Waals surface area contributed by atoms with Crippen molar-refractivity contribution < 1.29 is 14.7 Å². The smallest absolute Gasteiger partial charge is 0.335 e. The Morgan fingerprint density at radius 2 is 2.08 bits per heavy atom. The Balaban J connectivity index is 1.87. The number of carboxylic acid groups (broad SMARTS) is 1. The average Bonchev–Trinajstić information content (AvgIpc) is 3.00. The Morgan fingerprint density at radius 1 is 1.38 bits per heavy atom. The normalized spacial score (nSPS) is 18.3. The van der Waals surface area contributed by atoms with Gasteiger partial charge in [0.2, 0.25) is 5.17 Å². The lowest BCUT2D eigenvalue weighted by Gasteiger charge is -2.24. The second-order valence-corrected chi connectivity index (χ2v) is 7.76. The molecule has 0 bridgehead atoms. The van der Waals surface area contributed by atoms with Gasteiger partial charge in [-0.3, -0.25) is 10.2 Å². The molecule has 0 saturated carbocycles. The first kappa shape index (κ1) is 18.4. The van der Waals surface area contributed by atoms with Gasteiger partial charge in [-0.05, 0) is 29.7 Å². The molecule has 7 nitrogen and oxygen atoms in total. The molecule has 1 amide bonds. The first-order valence-corrected chi connectivity index (χ1v) is 9.57. The quantitative estimate of drug-likeness (QED) is 0.605. The van der Waals surface area contributed by atoms with Crippen molar-refractivity contribution in [1.29, 1.82) is 5.41 Å². The summed E-state index contributed by atoms with van der Waals surface area (Å²) in [5.41, 5.74) is 0.937. The highest BCUT2D eigenvalue weighted by Crippen LogP contribution is 2.32. The number of nitrogens with one attached hydrogen (secondary N) is 1. The number of carbonyl (C=O) groups excluding carboxylic acids is 1. The molecule has 2 N–H and O–H groups in total. The van der Waals surface area contributed by atoms with E-state index in [9.17, 15) is 9.59 Å². The Bertz CT molecular complexity index is 872. The molecule has 1 aromatic carbocycles. The minimum Gasteiger partial charge on any atom is -0.478 e. The van der Waals surface area contributed by atoms with Crippen molar-refractivity contribution in [3.05, 3.63) is 41.0 Å². The van der Waals surface area contributed by atoms with Crippen molar-refractivity contribution >= 4 is 57.8 Å². The minimum atomic E-state index is -1.02. The van der Waals surface area contributed by atoms with E-state index in [4.69, 9.17) is 10.5 Å². The van der Waals surface area contributed by atoms with Crippen LogP contribution in [0.2, 0.25) is 0 Å². The number of nitrogens with zero attached hydrogens (tertiary/aromatic N) is 3. The van der Waals surface area contributed by atoms with E-state index in [1.54, 1.807) is 23.1 Å². The fourth-order valence-electron chi connectivity index (χ4n) is 2.22. The van der Waals surface area contributed by atoms with Gasteiger partial charge < -0.3 is 5.11 Å². The predicted octanol–water partition coefficient (Wildman–Crippen LogP) is 3.35. The fourth-order valence-corrected chi connectivity index (χ4v) is 4.02. The second-order valence-electron chi connectivity index (χ2n) is 6.04. The maximum atomic E-state index is 12.3. The van der Waals surface area contributed by atoms with Crippen molar-refractivity contribution in [3.63, 3.8) is 0 Å². The van der Waals surface area contributed by atoms with E-state index in [1.807, 2.05) is 0 Å². The van der Waals surface area contributed by atoms with Gasteiger partial charge in [0.15, 0.2) is 5.17 Å². The number of carbonyl (C=O) groups is 2. The van der Waals surface area contributed by atoms with Gasteiger partial charge in [-0.2, -0.15) is 9.39 Å². The number of benzene rings is 1. The largest absolute Gasteiger partial charge is 0.478 e. The van der Waals surface area contributed by atoms with E-state index in [1.165, 1.54) is 23.9 Å². The highest BCUT2D eigenvalue weighted by Gasteiger charge is 2.37. The van der Waals surface area contributed by atoms with Crippen LogP contribution in [0.15, 0.2) is 39.2 Å². The van der Waals surface area contributed by atoms with Gasteiger partial charge in [0.1, 0.15) is 5.84 Å². The van der Waals surface area contributed by atoms with E-state index < -0.39 is 11.9 Å². The summed E-state index contributed by atoms with van der Waals surface area (Å²) in [7, 11) is 0. The fraction of sp³-hybridized carbons (Fsp3) is 0.235. The number of fused-ring (bicyclic) bond motifs is 1. The number of carboxylic acids is 1. The Labute approximate surface area is 158 Å². The van der Waals surface area contributed by atoms with Crippen LogP contribution < -0.4 is 0 Å². The van der Waals surface area contributed by atoms with Crippen molar-refractivity contribution in [2.75, 3.05) is 5.75 Å². The molecule has 2 aliphatic rings. The van der Waals surface area contributed by atoms with E-state index in [2.05, 4.69) is 23.2 Å². The molecule has 2 aliphatic heterocycles. The number of aromatic carboxylic acids is 1. The zero-order valence-corrected chi connectivity index (χ0v) is 15.7. The molecule has 3 rings (SSSR count). The number of hydrogen-bond acceptors (Lipinski definition) is 6. The van der Waals surface area contributed by atoms with Gasteiger partial charge in [0.05, 0.1) is 23.1 Å². The molecule has 0 unspecified atom stereocenters. The Kier molecular flexibility index (Phi) is 5.28. The molecular weight excluding hydrogens is 372 g/mol. The number of amides is 1. The molecular formula is C17H16N4O3S2. The maximum absolute atomic E-state index is 12.3. The molecule has 1 aromatic rings. The van der Waals surface area contributed by atoms with Crippen LogP contribution in [0.4, 0.5) is 0 Å². The molecule has 0 aromatic heterocycles. The van der Waals surface area contributed by atoms with E-state index in [-0.39, 0.29) is 17.0 Å². The maximum Gasteiger partial charge on any atom is 0.335 e. The number of amidine groups is 3. The minimum absolute atomic E-state index is 0.0299. The first-order chi connectivity index (χ1) is 12.4. The molecule has 9 heteroatoms. The van der Waals surface area contributed by atoms with Crippen LogP contribution in [0, 0.1) is 11.3 Å². The topological polar surface area (TPSA) is 106 Å². The van der Waals surface area contributed by atoms with Gasteiger partial charge in [0.25, 0.3) is 5.91 Å². The average molecular weight is 388 g/mol. The zero-order chi connectivity index (χ0) is 18.8. The Morgan fingerprint density at radius 3 is 2.69 bits per heavy atom. The first-order valence-electron chi connectivity index (χ1n) is 7.81. The molecule has 0 spiro atoms. The van der Waals surface area contributed by atoms with E-state index >= 15 is 0 Å². The summed E-state index contributed by atoms with van der Waals surface area (Å²) in [6, 6.07) is 6.10. The van der Waals surface area contributed by atoms with Gasteiger partial charge in [0, 0.05) is 5.75 Å². The SMILES string of the molecule is CC(C)CSC1=NSC2=NC(=O)C(=Cc3ccc(C(=O)O)cc3)C(=N)N12. The summed E-state index contributed by atoms with van der Waals surface area (Å²) in [4.78, 5) is 28.9. The van der Waals surface area contributed by atoms with Crippen molar-refractivity contribution in [2.24, 2.45) is 15.3 Å². The number of hydrogen-bond donors (Lipinski definition) is 2. The van der Waals surface area contributed by atoms with E-state index in [0.29, 0.717) is 21.8 Å². The second kappa shape index (κ2) is 7.46. The molecule has 134 valence electrons. The monoisotopic (exact) mass is 388 g/mol. The summed E-state index contributed by atoms with van der Waals surface area (Å²) in [6.07, 6.45) is 1.55. The highest BCUT2D eigenvalue weighted by atomic mass is 32.2. The van der Waals surface area contributed by atoms with Crippen molar-refractivity contribution in [1.82, 2.24) is 4.90 Å². The lowest BCUT2D eigenvalue weighted by atomic mass is 10.1. The third-order valence-electron chi connectivity index (χ3n) is 3.51. The number of aliphatic imine (C=N–C) groups is 1. The third kappa shape index (κ3) is 3.73. The summed E-state index contributed by atoms with van der Waals surface area (Å²) in [6.45, 7) is 4.20. The van der Waals surface area contributed by atoms with Crippen molar-refractivity contribution in [2.45, 2.75) is 13.8 Å². The summed E-state index contributed by atoms with van der Waals surface area (Å²) >= 11 is 2.62. The van der Waals surface area contributed by atoms with Crippen LogP contribution in [0.5, 0.6) is 0 Å². The molecule has 0 atom stereocenters. The van der Waals surface area contributed by atoms with Gasteiger partial charge >= 0.3 is 5.97 Å². The number of thioether (sulfide) groups is 1. The molecule has 0 fully saturated rings. The van der Waals surface area contributed by atoms with E-state index in [0.717, 1.165) is 17.7 Å². The molecule has 0 radical (unpaired) electrons.